The van der Waals surface area contributed by atoms with Gasteiger partial charge in [-0.1, -0.05) is 113 Å². The lowest BCUT2D eigenvalue weighted by molar-refractivity contribution is -0.312. The van der Waals surface area contributed by atoms with Crippen molar-refractivity contribution in [2.24, 2.45) is 5.11 Å². The van der Waals surface area contributed by atoms with Crippen LogP contribution in [-0.4, -0.2) is 84.5 Å². The van der Waals surface area contributed by atoms with Crippen LogP contribution in [-0.2, 0) is 25.6 Å². The van der Waals surface area contributed by atoms with E-state index in [0.29, 0.717) is 11.3 Å². The normalized spacial score (nSPS) is 21.5. The van der Waals surface area contributed by atoms with Crippen molar-refractivity contribution < 1.29 is 43.8 Å². The van der Waals surface area contributed by atoms with Gasteiger partial charge in [-0.3, -0.25) is 0 Å². The Balaban J connectivity index is 1.64. The SMILES string of the molecule is CCCCCCCCCCCCC/C=C/[C@@H](OC(=O)c1ccccc1)[C@H](CO[C@H]1O[C@H](CO)[C@H](O)[C@H](O)[C@H]1OCc1ccc(OC)cc1)N=[N+]=[N-]. The maximum Gasteiger partial charge on any atom is 0.338 e. The zero-order valence-corrected chi connectivity index (χ0v) is 30.1. The number of ether oxygens (including phenoxy) is 5. The number of aliphatic hydroxyl groups is 3. The molecule has 0 spiro atoms. The molecule has 51 heavy (non-hydrogen) atoms. The molecule has 2 aromatic carbocycles. The van der Waals surface area contributed by atoms with E-state index in [1.807, 2.05) is 6.08 Å². The van der Waals surface area contributed by atoms with E-state index in [2.05, 4.69) is 16.9 Å². The second kappa shape index (κ2) is 24.7. The van der Waals surface area contributed by atoms with Crippen molar-refractivity contribution in [2.45, 2.75) is 133 Å². The van der Waals surface area contributed by atoms with Gasteiger partial charge in [-0.05, 0) is 54.3 Å². The van der Waals surface area contributed by atoms with E-state index in [-0.39, 0.29) is 13.2 Å². The molecule has 1 aliphatic rings. The number of rotatable bonds is 25. The molecule has 0 bridgehead atoms. The van der Waals surface area contributed by atoms with Crippen molar-refractivity contribution in [3.05, 3.63) is 88.3 Å². The third kappa shape index (κ3) is 15.0. The summed E-state index contributed by atoms with van der Waals surface area (Å²) in [4.78, 5) is 16.1. The van der Waals surface area contributed by atoms with Crippen molar-refractivity contribution >= 4 is 5.97 Å². The van der Waals surface area contributed by atoms with Gasteiger partial charge < -0.3 is 39.0 Å². The summed E-state index contributed by atoms with van der Waals surface area (Å²) >= 11 is 0. The number of carbonyl (C=O) groups excluding carboxylic acids is 1. The first-order valence-electron chi connectivity index (χ1n) is 18.4. The maximum atomic E-state index is 13.1. The molecule has 7 atom stereocenters. The lowest BCUT2D eigenvalue weighted by Gasteiger charge is -2.42. The van der Waals surface area contributed by atoms with E-state index in [4.69, 9.17) is 23.7 Å². The molecule has 3 N–H and O–H groups in total. The Morgan fingerprint density at radius 2 is 1.57 bits per heavy atom. The summed E-state index contributed by atoms with van der Waals surface area (Å²) in [5.41, 5.74) is 10.6. The minimum absolute atomic E-state index is 0.0460. The number of carbonyl (C=O) groups is 1. The van der Waals surface area contributed by atoms with Gasteiger partial charge in [-0.15, -0.1) is 0 Å². The third-order valence-corrected chi connectivity index (χ3v) is 8.99. The molecule has 0 radical (unpaired) electrons. The first kappa shape index (κ1) is 41.9. The molecule has 1 saturated heterocycles. The fraction of sp³-hybridized carbons (Fsp3) is 0.615. The average molecular weight is 712 g/mol. The van der Waals surface area contributed by atoms with Gasteiger partial charge >= 0.3 is 5.97 Å². The summed E-state index contributed by atoms with van der Waals surface area (Å²) < 4.78 is 28.9. The van der Waals surface area contributed by atoms with Gasteiger partial charge in [-0.2, -0.15) is 0 Å². The molecular formula is C39H57N3O9. The molecule has 0 amide bonds. The Hall–Kier alpha value is -3.48. The largest absolute Gasteiger partial charge is 0.497 e. The standard InChI is InChI=1S/C39H57N3O9/c1-3-4-5-6-7-8-9-10-11-12-13-14-18-21-33(50-38(46)30-19-16-15-17-20-30)32(41-42-40)28-49-39-37(36(45)35(44)34(26-43)51-39)48-27-29-22-24-31(47-2)25-23-29/h15-25,32-37,39,43-45H,3-14,26-28H2,1-2H3/b21-18+/t32-,33+,34+,35-,36-,37+,39-/m0/s1. The van der Waals surface area contributed by atoms with Crippen LogP contribution in [0.2, 0.25) is 0 Å². The van der Waals surface area contributed by atoms with E-state index in [1.165, 1.54) is 57.8 Å². The Morgan fingerprint density at radius 3 is 2.18 bits per heavy atom. The van der Waals surface area contributed by atoms with Crippen LogP contribution in [0.5, 0.6) is 5.75 Å². The van der Waals surface area contributed by atoms with E-state index >= 15 is 0 Å². The highest BCUT2D eigenvalue weighted by atomic mass is 16.7. The molecule has 1 fully saturated rings. The number of esters is 1. The van der Waals surface area contributed by atoms with Gasteiger partial charge in [0, 0.05) is 4.91 Å². The third-order valence-electron chi connectivity index (χ3n) is 8.99. The van der Waals surface area contributed by atoms with Gasteiger partial charge in [0.2, 0.25) is 0 Å². The van der Waals surface area contributed by atoms with Crippen molar-refractivity contribution in [1.29, 1.82) is 0 Å². The Kier molecular flexibility index (Phi) is 20.3. The van der Waals surface area contributed by atoms with Gasteiger partial charge in [-0.25, -0.2) is 4.79 Å². The number of aliphatic hydroxyl groups excluding tert-OH is 3. The zero-order valence-electron chi connectivity index (χ0n) is 30.1. The monoisotopic (exact) mass is 711 g/mol. The van der Waals surface area contributed by atoms with Crippen LogP contribution in [0.1, 0.15) is 99.9 Å². The predicted octanol–water partition coefficient (Wildman–Crippen LogP) is 7.20. The molecule has 0 unspecified atom stereocenters. The highest BCUT2D eigenvalue weighted by Gasteiger charge is 2.46. The minimum atomic E-state index is -1.46. The number of methoxy groups -OCH3 is 1. The number of unbranched alkanes of at least 4 members (excludes halogenated alkanes) is 11. The van der Waals surface area contributed by atoms with E-state index in [0.717, 1.165) is 24.8 Å². The van der Waals surface area contributed by atoms with Crippen LogP contribution in [0.15, 0.2) is 71.9 Å². The molecule has 1 aliphatic heterocycles. The fourth-order valence-electron chi connectivity index (χ4n) is 5.90. The zero-order chi connectivity index (χ0) is 36.7. The van der Waals surface area contributed by atoms with Crippen molar-refractivity contribution in [3.63, 3.8) is 0 Å². The Morgan fingerprint density at radius 1 is 0.922 bits per heavy atom. The summed E-state index contributed by atoms with van der Waals surface area (Å²) in [5, 5.41) is 35.2. The van der Waals surface area contributed by atoms with Gasteiger partial charge in [0.05, 0.1) is 32.5 Å². The van der Waals surface area contributed by atoms with Gasteiger partial charge in [0.1, 0.15) is 42.3 Å². The molecule has 12 nitrogen and oxygen atoms in total. The summed E-state index contributed by atoms with van der Waals surface area (Å²) in [6.07, 6.45) is 10.5. The lowest BCUT2D eigenvalue weighted by atomic mass is 9.99. The molecule has 12 heteroatoms. The van der Waals surface area contributed by atoms with Crippen LogP contribution in [0, 0.1) is 0 Å². The number of nitrogens with zero attached hydrogens (tertiary/aromatic N) is 3. The van der Waals surface area contributed by atoms with Crippen molar-refractivity contribution in [3.8, 4) is 5.75 Å². The van der Waals surface area contributed by atoms with Crippen LogP contribution in [0.3, 0.4) is 0 Å². The Bertz CT molecular complexity index is 1310. The number of hydrogen-bond donors (Lipinski definition) is 3. The van der Waals surface area contributed by atoms with Crippen molar-refractivity contribution in [2.75, 3.05) is 20.3 Å². The summed E-state index contributed by atoms with van der Waals surface area (Å²) in [6.45, 7) is 1.42. The van der Waals surface area contributed by atoms with Crippen molar-refractivity contribution in [1.82, 2.24) is 0 Å². The molecule has 1 heterocycles. The predicted molar refractivity (Wildman–Crippen MR) is 194 cm³/mol. The topological polar surface area (TPSA) is 173 Å². The quantitative estimate of drug-likeness (QED) is 0.0240. The smallest absolute Gasteiger partial charge is 0.338 e. The Labute approximate surface area is 302 Å². The fourth-order valence-corrected chi connectivity index (χ4v) is 5.90. The highest BCUT2D eigenvalue weighted by molar-refractivity contribution is 5.89. The summed E-state index contributed by atoms with van der Waals surface area (Å²) in [6, 6.07) is 14.6. The number of azide groups is 1. The van der Waals surface area contributed by atoms with Crippen LogP contribution in [0.4, 0.5) is 0 Å². The highest BCUT2D eigenvalue weighted by Crippen LogP contribution is 2.27. The van der Waals surface area contributed by atoms with Gasteiger partial charge in [0.25, 0.3) is 0 Å². The second-order valence-corrected chi connectivity index (χ2v) is 12.9. The molecule has 282 valence electrons. The first-order valence-corrected chi connectivity index (χ1v) is 18.4. The van der Waals surface area contributed by atoms with E-state index in [9.17, 15) is 25.6 Å². The lowest BCUT2D eigenvalue weighted by Crippen LogP contribution is -2.60. The molecule has 0 aliphatic carbocycles. The maximum absolute atomic E-state index is 13.1. The molecule has 0 saturated carbocycles. The number of allylic oxidation sites excluding steroid dienone is 1. The first-order chi connectivity index (χ1) is 24.9. The second-order valence-electron chi connectivity index (χ2n) is 12.9. The number of hydrogen-bond acceptors (Lipinski definition) is 10. The van der Waals surface area contributed by atoms with Crippen LogP contribution in [0.25, 0.3) is 10.4 Å². The summed E-state index contributed by atoms with van der Waals surface area (Å²) in [5.74, 6) is 0.0771. The summed E-state index contributed by atoms with van der Waals surface area (Å²) in [7, 11) is 1.56. The van der Waals surface area contributed by atoms with Crippen LogP contribution < -0.4 is 4.74 Å². The van der Waals surface area contributed by atoms with E-state index in [1.54, 1.807) is 67.8 Å². The molecule has 0 aromatic heterocycles. The number of benzene rings is 2. The van der Waals surface area contributed by atoms with E-state index < -0.39 is 55.4 Å². The average Bonchev–Trinajstić information content (AvgIpc) is 3.16. The molecule has 3 rings (SSSR count). The molecular weight excluding hydrogens is 654 g/mol. The van der Waals surface area contributed by atoms with Crippen LogP contribution >= 0.6 is 0 Å². The minimum Gasteiger partial charge on any atom is -0.497 e. The molecule has 2 aromatic rings. The van der Waals surface area contributed by atoms with Gasteiger partial charge in [0.15, 0.2) is 6.29 Å².